The molecule has 0 amide bonds. The van der Waals surface area contributed by atoms with Gasteiger partial charge in [0, 0.05) is 0 Å². The molecule has 4 nitrogen and oxygen atoms in total. The zero-order valence-electron chi connectivity index (χ0n) is 22.9. The van der Waals surface area contributed by atoms with Crippen LogP contribution in [0.5, 0.6) is 0 Å². The first-order valence-electron chi connectivity index (χ1n) is 13.2. The molecule has 0 fully saturated rings. The number of benzene rings is 3. The van der Waals surface area contributed by atoms with E-state index in [-0.39, 0.29) is 0 Å². The molecular weight excluding hydrogens is 470 g/mol. The Kier molecular flexibility index (Phi) is 12.2. The molecule has 38 heavy (non-hydrogen) atoms. The maximum atomic E-state index is 6.78. The Morgan fingerprint density at radius 3 is 1.00 bits per heavy atom. The molecule has 0 bridgehead atoms. The Hall–Kier alpha value is -3.28. The van der Waals surface area contributed by atoms with Gasteiger partial charge in [-0.15, -0.1) is 0 Å². The van der Waals surface area contributed by atoms with Crippen molar-refractivity contribution in [3.8, 4) is 0 Å². The van der Waals surface area contributed by atoms with E-state index < -0.39 is 5.54 Å². The van der Waals surface area contributed by atoms with Crippen molar-refractivity contribution in [2.45, 2.75) is 46.1 Å². The highest BCUT2D eigenvalue weighted by Gasteiger charge is 2.27. The van der Waals surface area contributed by atoms with E-state index in [1.807, 2.05) is 39.0 Å². The number of nitrogens with two attached hydrogens (primary N) is 1. The van der Waals surface area contributed by atoms with Crippen molar-refractivity contribution in [1.82, 2.24) is 0 Å². The molecule has 4 heteroatoms. The van der Waals surface area contributed by atoms with Crippen LogP contribution in [0, 0.1) is 0 Å². The van der Waals surface area contributed by atoms with Crippen LogP contribution in [-0.4, -0.2) is 25.4 Å². The normalized spacial score (nSPS) is 12.3. The van der Waals surface area contributed by atoms with Gasteiger partial charge in [-0.3, -0.25) is 0 Å². The van der Waals surface area contributed by atoms with Crippen molar-refractivity contribution in [3.63, 3.8) is 0 Å². The maximum absolute atomic E-state index is 6.78. The molecule has 0 spiro atoms. The van der Waals surface area contributed by atoms with Crippen LogP contribution in [-0.2, 0) is 34.0 Å². The van der Waals surface area contributed by atoms with Crippen LogP contribution in [0.3, 0.4) is 0 Å². The topological polar surface area (TPSA) is 53.7 Å². The molecule has 0 heterocycles. The summed E-state index contributed by atoms with van der Waals surface area (Å²) in [6, 6.07) is 25.0. The lowest BCUT2D eigenvalue weighted by molar-refractivity contribution is -0.0342. The first-order chi connectivity index (χ1) is 18.5. The van der Waals surface area contributed by atoms with Crippen LogP contribution >= 0.6 is 0 Å². The third-order valence-electron chi connectivity index (χ3n) is 5.99. The van der Waals surface area contributed by atoms with Gasteiger partial charge in [0.15, 0.2) is 0 Å². The molecule has 0 aliphatic carbocycles. The first-order valence-corrected chi connectivity index (χ1v) is 13.2. The summed E-state index contributed by atoms with van der Waals surface area (Å²) in [5.74, 6) is 0. The SMILES string of the molecule is C/C=C/c1ccc(COCC(N)(COCc2ccc(/C=C/C)cc2)COCc2ccc(/C=C/C)cc2)cc1. The molecule has 0 atom stereocenters. The number of hydrogen-bond donors (Lipinski definition) is 1. The van der Waals surface area contributed by atoms with E-state index in [2.05, 4.69) is 91.0 Å². The van der Waals surface area contributed by atoms with Gasteiger partial charge in [-0.05, 0) is 54.2 Å². The van der Waals surface area contributed by atoms with E-state index in [0.717, 1.165) is 16.7 Å². The van der Waals surface area contributed by atoms with Gasteiger partial charge in [-0.1, -0.05) is 109 Å². The van der Waals surface area contributed by atoms with Crippen LogP contribution in [0.1, 0.15) is 54.2 Å². The monoisotopic (exact) mass is 511 g/mol. The molecule has 0 aliphatic heterocycles. The molecule has 0 aromatic heterocycles. The van der Waals surface area contributed by atoms with Gasteiger partial charge in [0.2, 0.25) is 0 Å². The lowest BCUT2D eigenvalue weighted by atomic mass is 10.0. The highest BCUT2D eigenvalue weighted by molar-refractivity contribution is 5.50. The van der Waals surface area contributed by atoms with Gasteiger partial charge >= 0.3 is 0 Å². The van der Waals surface area contributed by atoms with Crippen molar-refractivity contribution in [3.05, 3.63) is 124 Å². The molecule has 2 N–H and O–H groups in total. The van der Waals surface area contributed by atoms with Crippen LogP contribution in [0.25, 0.3) is 18.2 Å². The molecule has 0 radical (unpaired) electrons. The van der Waals surface area contributed by atoms with Crippen molar-refractivity contribution in [2.75, 3.05) is 19.8 Å². The highest BCUT2D eigenvalue weighted by atomic mass is 16.5. The van der Waals surface area contributed by atoms with Crippen LogP contribution < -0.4 is 5.73 Å². The fraction of sp³-hybridized carbons (Fsp3) is 0.294. The number of hydrogen-bond acceptors (Lipinski definition) is 4. The van der Waals surface area contributed by atoms with Crippen molar-refractivity contribution >= 4 is 18.2 Å². The standard InChI is InChI=1S/C34H41NO3/c1-4-7-28-10-16-31(17-11-28)22-36-25-34(35,26-37-23-32-18-12-29(8-5-2)13-19-32)27-38-24-33-20-14-30(9-6-3)15-21-33/h4-21H,22-27,35H2,1-3H3/b7-4+,8-5+,9-6+. The number of ether oxygens (including phenoxy) is 3. The molecule has 3 rings (SSSR count). The summed E-state index contributed by atoms with van der Waals surface area (Å²) in [7, 11) is 0. The first kappa shape index (κ1) is 29.3. The summed E-state index contributed by atoms with van der Waals surface area (Å²) < 4.78 is 18.2. The van der Waals surface area contributed by atoms with Gasteiger partial charge in [0.05, 0.1) is 45.2 Å². The van der Waals surface area contributed by atoms with Gasteiger partial charge in [-0.25, -0.2) is 0 Å². The Morgan fingerprint density at radius 2 is 0.763 bits per heavy atom. The van der Waals surface area contributed by atoms with E-state index in [0.29, 0.717) is 39.6 Å². The summed E-state index contributed by atoms with van der Waals surface area (Å²) in [6.45, 7) is 8.45. The Labute approximate surface area is 228 Å². The summed E-state index contributed by atoms with van der Waals surface area (Å²) in [4.78, 5) is 0. The second-order valence-electron chi connectivity index (χ2n) is 9.57. The lowest BCUT2D eigenvalue weighted by Crippen LogP contribution is -2.52. The smallest absolute Gasteiger partial charge is 0.0865 e. The maximum Gasteiger partial charge on any atom is 0.0865 e. The largest absolute Gasteiger partial charge is 0.375 e. The molecule has 200 valence electrons. The average Bonchev–Trinajstić information content (AvgIpc) is 2.92. The lowest BCUT2D eigenvalue weighted by Gasteiger charge is -2.29. The van der Waals surface area contributed by atoms with Gasteiger partial charge in [-0.2, -0.15) is 0 Å². The van der Waals surface area contributed by atoms with Gasteiger partial charge in [0.1, 0.15) is 0 Å². The quantitative estimate of drug-likeness (QED) is 0.230. The Bertz CT molecular complexity index is 1010. The molecule has 3 aromatic rings. The highest BCUT2D eigenvalue weighted by Crippen LogP contribution is 2.14. The molecule has 0 unspecified atom stereocenters. The third-order valence-corrected chi connectivity index (χ3v) is 5.99. The fourth-order valence-corrected chi connectivity index (χ4v) is 3.99. The molecular formula is C34H41NO3. The van der Waals surface area contributed by atoms with E-state index in [9.17, 15) is 0 Å². The number of allylic oxidation sites excluding steroid dienone is 3. The zero-order chi connectivity index (χ0) is 27.1. The second kappa shape index (κ2) is 15.9. The van der Waals surface area contributed by atoms with E-state index in [4.69, 9.17) is 19.9 Å². The van der Waals surface area contributed by atoms with Crippen LogP contribution in [0.4, 0.5) is 0 Å². The van der Waals surface area contributed by atoms with E-state index >= 15 is 0 Å². The third kappa shape index (κ3) is 10.2. The zero-order valence-corrected chi connectivity index (χ0v) is 22.9. The summed E-state index contributed by atoms with van der Waals surface area (Å²) in [5.41, 5.74) is 12.8. The molecule has 0 saturated heterocycles. The van der Waals surface area contributed by atoms with E-state index in [1.54, 1.807) is 0 Å². The summed E-state index contributed by atoms with van der Waals surface area (Å²) >= 11 is 0. The van der Waals surface area contributed by atoms with Gasteiger partial charge < -0.3 is 19.9 Å². The minimum Gasteiger partial charge on any atom is -0.375 e. The van der Waals surface area contributed by atoms with Crippen molar-refractivity contribution < 1.29 is 14.2 Å². The molecule has 0 saturated carbocycles. The predicted octanol–water partition coefficient (Wildman–Crippen LogP) is 7.43. The second-order valence-corrected chi connectivity index (χ2v) is 9.57. The molecule has 0 aliphatic rings. The number of rotatable bonds is 15. The summed E-state index contributed by atoms with van der Waals surface area (Å²) in [6.07, 6.45) is 12.3. The summed E-state index contributed by atoms with van der Waals surface area (Å²) in [5, 5.41) is 0. The predicted molar refractivity (Wildman–Crippen MR) is 159 cm³/mol. The fourth-order valence-electron chi connectivity index (χ4n) is 3.99. The van der Waals surface area contributed by atoms with Crippen LogP contribution in [0.15, 0.2) is 91.0 Å². The minimum absolute atomic E-state index is 0.323. The van der Waals surface area contributed by atoms with Crippen molar-refractivity contribution in [1.29, 1.82) is 0 Å². The van der Waals surface area contributed by atoms with Gasteiger partial charge in [0.25, 0.3) is 0 Å². The van der Waals surface area contributed by atoms with Crippen molar-refractivity contribution in [2.24, 2.45) is 5.73 Å². The minimum atomic E-state index is -0.777. The Balaban J connectivity index is 1.56. The average molecular weight is 512 g/mol. The van der Waals surface area contributed by atoms with E-state index in [1.165, 1.54) is 16.7 Å². The Morgan fingerprint density at radius 1 is 0.500 bits per heavy atom. The molecule has 3 aromatic carbocycles. The van der Waals surface area contributed by atoms with Crippen LogP contribution in [0.2, 0.25) is 0 Å².